The van der Waals surface area contributed by atoms with E-state index in [1.54, 1.807) is 6.92 Å². The van der Waals surface area contributed by atoms with Crippen molar-refractivity contribution < 1.29 is 14.3 Å². The highest BCUT2D eigenvalue weighted by molar-refractivity contribution is 5.80. The number of carbonyl (C=O) groups excluding carboxylic acids is 1. The number of benzene rings is 2. The van der Waals surface area contributed by atoms with Crippen molar-refractivity contribution >= 4 is 5.91 Å². The monoisotopic (exact) mass is 355 g/mol. The van der Waals surface area contributed by atoms with Gasteiger partial charge in [0.05, 0.1) is 6.10 Å². The summed E-state index contributed by atoms with van der Waals surface area (Å²) in [5.74, 6) is 1.77. The van der Waals surface area contributed by atoms with Gasteiger partial charge in [0.2, 0.25) is 0 Å². The average molecular weight is 355 g/mol. The van der Waals surface area contributed by atoms with Crippen molar-refractivity contribution in [2.45, 2.75) is 59.3 Å². The number of carbonyl (C=O) groups is 1. The predicted octanol–water partition coefficient (Wildman–Crippen LogP) is 4.68. The van der Waals surface area contributed by atoms with E-state index >= 15 is 0 Å². The van der Waals surface area contributed by atoms with Gasteiger partial charge in [0.25, 0.3) is 5.91 Å². The Morgan fingerprint density at radius 1 is 0.962 bits per heavy atom. The van der Waals surface area contributed by atoms with Gasteiger partial charge in [0.15, 0.2) is 6.10 Å². The molecule has 0 saturated heterocycles. The van der Waals surface area contributed by atoms with Gasteiger partial charge in [-0.1, -0.05) is 44.2 Å². The van der Waals surface area contributed by atoms with Gasteiger partial charge in [-0.2, -0.15) is 0 Å². The minimum Gasteiger partial charge on any atom is -0.491 e. The molecule has 2 aromatic carbocycles. The third-order valence-electron chi connectivity index (χ3n) is 3.95. The van der Waals surface area contributed by atoms with Crippen LogP contribution in [0.1, 0.15) is 51.7 Å². The molecular formula is C22H29NO3. The highest BCUT2D eigenvalue weighted by Crippen LogP contribution is 2.26. The molecular weight excluding hydrogens is 326 g/mol. The van der Waals surface area contributed by atoms with Gasteiger partial charge in [0.1, 0.15) is 11.5 Å². The Kier molecular flexibility index (Phi) is 7.07. The number of hydrogen-bond donors (Lipinski definition) is 1. The van der Waals surface area contributed by atoms with E-state index in [2.05, 4.69) is 19.2 Å². The van der Waals surface area contributed by atoms with E-state index in [0.29, 0.717) is 12.5 Å². The Morgan fingerprint density at radius 2 is 1.69 bits per heavy atom. The third-order valence-corrected chi connectivity index (χ3v) is 3.95. The molecule has 140 valence electrons. The van der Waals surface area contributed by atoms with Crippen molar-refractivity contribution in [2.24, 2.45) is 0 Å². The van der Waals surface area contributed by atoms with Crippen molar-refractivity contribution in [1.29, 1.82) is 0 Å². The molecule has 0 spiro atoms. The average Bonchev–Trinajstić information content (AvgIpc) is 2.59. The lowest BCUT2D eigenvalue weighted by atomic mass is 10.0. The number of ether oxygens (including phenoxy) is 2. The highest BCUT2D eigenvalue weighted by atomic mass is 16.5. The Labute approximate surface area is 156 Å². The van der Waals surface area contributed by atoms with E-state index < -0.39 is 6.10 Å². The Bertz CT molecular complexity index is 725. The molecule has 1 atom stereocenters. The normalized spacial score (nSPS) is 12.1. The van der Waals surface area contributed by atoms with Gasteiger partial charge in [-0.15, -0.1) is 0 Å². The van der Waals surface area contributed by atoms with Crippen LogP contribution in [0.3, 0.4) is 0 Å². The topological polar surface area (TPSA) is 47.6 Å². The smallest absolute Gasteiger partial charge is 0.261 e. The molecule has 26 heavy (non-hydrogen) atoms. The number of para-hydroxylation sites is 1. The molecule has 0 aliphatic carbocycles. The molecule has 2 rings (SSSR count). The lowest BCUT2D eigenvalue weighted by Gasteiger charge is -2.19. The Morgan fingerprint density at radius 3 is 2.38 bits per heavy atom. The third kappa shape index (κ3) is 5.80. The summed E-state index contributed by atoms with van der Waals surface area (Å²) in [4.78, 5) is 12.4. The molecule has 0 aromatic heterocycles. The van der Waals surface area contributed by atoms with Crippen LogP contribution in [-0.2, 0) is 11.3 Å². The summed E-state index contributed by atoms with van der Waals surface area (Å²) in [6.07, 6.45) is -0.445. The summed E-state index contributed by atoms with van der Waals surface area (Å²) in [6, 6.07) is 15.6. The molecule has 4 nitrogen and oxygen atoms in total. The Hall–Kier alpha value is -2.49. The zero-order valence-corrected chi connectivity index (χ0v) is 16.3. The van der Waals surface area contributed by atoms with Crippen molar-refractivity contribution in [3.63, 3.8) is 0 Å². The van der Waals surface area contributed by atoms with Gasteiger partial charge in [-0.05, 0) is 56.0 Å². The maximum atomic E-state index is 12.4. The number of nitrogens with one attached hydrogen (secondary N) is 1. The first-order valence-electron chi connectivity index (χ1n) is 9.15. The van der Waals surface area contributed by atoms with Crippen LogP contribution < -0.4 is 14.8 Å². The second-order valence-corrected chi connectivity index (χ2v) is 6.98. The molecule has 4 heteroatoms. The Balaban J connectivity index is 1.94. The van der Waals surface area contributed by atoms with Crippen LogP contribution in [-0.4, -0.2) is 18.1 Å². The van der Waals surface area contributed by atoms with Crippen molar-refractivity contribution in [3.05, 3.63) is 59.7 Å². The van der Waals surface area contributed by atoms with Crippen LogP contribution in [0.15, 0.2) is 48.5 Å². The zero-order valence-electron chi connectivity index (χ0n) is 16.3. The van der Waals surface area contributed by atoms with Gasteiger partial charge in [-0.25, -0.2) is 0 Å². The molecule has 1 amide bonds. The van der Waals surface area contributed by atoms with E-state index in [1.165, 1.54) is 0 Å². The SMILES string of the molecule is CC(C)Oc1cccc(CNC(=O)[C@H](C)Oc2ccccc2C(C)C)c1. The second kappa shape index (κ2) is 9.27. The van der Waals surface area contributed by atoms with Gasteiger partial charge in [-0.3, -0.25) is 4.79 Å². The first-order valence-corrected chi connectivity index (χ1v) is 9.15. The summed E-state index contributed by atoms with van der Waals surface area (Å²) in [5.41, 5.74) is 2.09. The molecule has 0 fully saturated rings. The standard InChI is InChI=1S/C22H29NO3/c1-15(2)20-11-6-7-12-21(20)26-17(5)22(24)23-14-18-9-8-10-19(13-18)25-16(3)4/h6-13,15-17H,14H2,1-5H3,(H,23,24)/t17-/m0/s1. The fourth-order valence-corrected chi connectivity index (χ4v) is 2.64. The maximum absolute atomic E-state index is 12.4. The number of amides is 1. The highest BCUT2D eigenvalue weighted by Gasteiger charge is 2.17. The van der Waals surface area contributed by atoms with E-state index in [1.807, 2.05) is 62.4 Å². The van der Waals surface area contributed by atoms with Crippen LogP contribution in [0, 0.1) is 0 Å². The van der Waals surface area contributed by atoms with Crippen LogP contribution in [0.2, 0.25) is 0 Å². The van der Waals surface area contributed by atoms with E-state index in [9.17, 15) is 4.79 Å². The van der Waals surface area contributed by atoms with E-state index in [4.69, 9.17) is 9.47 Å². The molecule has 2 aromatic rings. The fraction of sp³-hybridized carbons (Fsp3) is 0.409. The molecule has 0 aliphatic rings. The van der Waals surface area contributed by atoms with Crippen molar-refractivity contribution in [3.8, 4) is 11.5 Å². The molecule has 0 bridgehead atoms. The second-order valence-electron chi connectivity index (χ2n) is 6.98. The predicted molar refractivity (Wildman–Crippen MR) is 105 cm³/mol. The summed E-state index contributed by atoms with van der Waals surface area (Å²) in [5, 5.41) is 2.93. The summed E-state index contributed by atoms with van der Waals surface area (Å²) in [6.45, 7) is 10.4. The van der Waals surface area contributed by atoms with E-state index in [0.717, 1.165) is 22.6 Å². The summed E-state index contributed by atoms with van der Waals surface area (Å²) in [7, 11) is 0. The lowest BCUT2D eigenvalue weighted by molar-refractivity contribution is -0.127. The van der Waals surface area contributed by atoms with Crippen LogP contribution >= 0.6 is 0 Å². The van der Waals surface area contributed by atoms with Crippen LogP contribution in [0.4, 0.5) is 0 Å². The quantitative estimate of drug-likeness (QED) is 0.748. The van der Waals surface area contributed by atoms with Crippen LogP contribution in [0.5, 0.6) is 11.5 Å². The van der Waals surface area contributed by atoms with Gasteiger partial charge in [0, 0.05) is 6.54 Å². The maximum Gasteiger partial charge on any atom is 0.261 e. The van der Waals surface area contributed by atoms with Crippen LogP contribution in [0.25, 0.3) is 0 Å². The molecule has 0 heterocycles. The lowest BCUT2D eigenvalue weighted by Crippen LogP contribution is -2.36. The summed E-state index contributed by atoms with van der Waals surface area (Å²) < 4.78 is 11.6. The zero-order chi connectivity index (χ0) is 19.1. The van der Waals surface area contributed by atoms with Crippen molar-refractivity contribution in [1.82, 2.24) is 5.32 Å². The number of rotatable bonds is 8. The minimum atomic E-state index is -0.565. The minimum absolute atomic E-state index is 0.120. The largest absolute Gasteiger partial charge is 0.491 e. The van der Waals surface area contributed by atoms with Gasteiger partial charge >= 0.3 is 0 Å². The van der Waals surface area contributed by atoms with Gasteiger partial charge < -0.3 is 14.8 Å². The number of hydrogen-bond acceptors (Lipinski definition) is 3. The fourth-order valence-electron chi connectivity index (χ4n) is 2.64. The molecule has 0 saturated carbocycles. The molecule has 0 aliphatic heterocycles. The van der Waals surface area contributed by atoms with E-state index in [-0.39, 0.29) is 12.0 Å². The molecule has 1 N–H and O–H groups in total. The first-order chi connectivity index (χ1) is 12.4. The summed E-state index contributed by atoms with van der Waals surface area (Å²) >= 11 is 0. The first kappa shape index (κ1) is 19.8. The van der Waals surface area contributed by atoms with Crippen molar-refractivity contribution in [2.75, 3.05) is 0 Å². The molecule has 0 unspecified atom stereocenters. The molecule has 0 radical (unpaired) electrons.